The summed E-state index contributed by atoms with van der Waals surface area (Å²) in [7, 11) is 0. The molecule has 6 heteroatoms. The Bertz CT molecular complexity index is 977. The minimum absolute atomic E-state index is 0.0201. The molecule has 0 bridgehead atoms. The molecule has 0 aliphatic rings. The molecule has 60 heavy (non-hydrogen) atoms. The summed E-state index contributed by atoms with van der Waals surface area (Å²) < 4.78 is 5.45. The summed E-state index contributed by atoms with van der Waals surface area (Å²) in [4.78, 5) is 24.4. The standard InChI is InChI=1S/C54H101NO5/c1-3-5-7-9-11-13-15-17-18-21-24-28-32-36-40-44-48-54(59)60-49-45-41-37-33-29-25-22-19-20-23-27-31-35-39-43-47-53(58)55-51(50-56)52(57)46-42-38-34-30-26-16-14-12-10-8-6-4-2/h19,22,25,29,42,46,51-52,56-57H,3-18,20-21,23-24,26-28,30-41,43-45,47-50H2,1-2H3,(H,55,58)/b22-19-,29-25-,46-42+. The van der Waals surface area contributed by atoms with Gasteiger partial charge in [0.2, 0.25) is 5.91 Å². The van der Waals surface area contributed by atoms with Gasteiger partial charge in [0.1, 0.15) is 0 Å². The van der Waals surface area contributed by atoms with Crippen molar-refractivity contribution in [1.82, 2.24) is 5.32 Å². The predicted molar refractivity (Wildman–Crippen MR) is 259 cm³/mol. The van der Waals surface area contributed by atoms with Crippen LogP contribution in [0.5, 0.6) is 0 Å². The van der Waals surface area contributed by atoms with Crippen molar-refractivity contribution in [3.8, 4) is 0 Å². The third-order valence-electron chi connectivity index (χ3n) is 11.9. The molecular formula is C54H101NO5. The summed E-state index contributed by atoms with van der Waals surface area (Å²) in [6.45, 7) is 4.84. The van der Waals surface area contributed by atoms with Crippen LogP contribution in [0.4, 0.5) is 0 Å². The van der Waals surface area contributed by atoms with E-state index in [9.17, 15) is 19.8 Å². The second-order valence-corrected chi connectivity index (χ2v) is 17.9. The van der Waals surface area contributed by atoms with Crippen LogP contribution in [0.25, 0.3) is 0 Å². The van der Waals surface area contributed by atoms with E-state index in [1.165, 1.54) is 167 Å². The van der Waals surface area contributed by atoms with Crippen LogP contribution in [0.15, 0.2) is 36.5 Å². The zero-order chi connectivity index (χ0) is 43.7. The quantitative estimate of drug-likeness (QED) is 0.0245. The summed E-state index contributed by atoms with van der Waals surface area (Å²) >= 11 is 0. The van der Waals surface area contributed by atoms with E-state index in [-0.39, 0.29) is 18.5 Å². The first-order chi connectivity index (χ1) is 29.5. The van der Waals surface area contributed by atoms with E-state index in [1.54, 1.807) is 6.08 Å². The number of hydrogen-bond donors (Lipinski definition) is 3. The van der Waals surface area contributed by atoms with Crippen LogP contribution in [-0.2, 0) is 14.3 Å². The van der Waals surface area contributed by atoms with Gasteiger partial charge in [0.25, 0.3) is 0 Å². The molecule has 0 aromatic carbocycles. The second kappa shape index (κ2) is 49.7. The lowest BCUT2D eigenvalue weighted by atomic mass is 10.0. The van der Waals surface area contributed by atoms with Crippen LogP contribution in [-0.4, -0.2) is 47.4 Å². The average Bonchev–Trinajstić information content (AvgIpc) is 3.25. The number of ether oxygens (including phenoxy) is 1. The third kappa shape index (κ3) is 45.6. The average molecular weight is 844 g/mol. The molecule has 0 fully saturated rings. The van der Waals surface area contributed by atoms with Gasteiger partial charge in [0.15, 0.2) is 0 Å². The molecule has 0 saturated carbocycles. The summed E-state index contributed by atoms with van der Waals surface area (Å²) in [5.41, 5.74) is 0. The smallest absolute Gasteiger partial charge is 0.305 e. The van der Waals surface area contributed by atoms with Crippen molar-refractivity contribution >= 4 is 11.9 Å². The molecule has 0 heterocycles. The lowest BCUT2D eigenvalue weighted by Crippen LogP contribution is -2.45. The van der Waals surface area contributed by atoms with Crippen LogP contribution in [0, 0.1) is 0 Å². The van der Waals surface area contributed by atoms with Gasteiger partial charge in [-0.05, 0) is 64.2 Å². The molecule has 0 aromatic rings. The summed E-state index contributed by atoms with van der Waals surface area (Å²) in [6.07, 6.45) is 60.1. The molecular weight excluding hydrogens is 743 g/mol. The first-order valence-corrected chi connectivity index (χ1v) is 26.3. The minimum atomic E-state index is -0.857. The highest BCUT2D eigenvalue weighted by Crippen LogP contribution is 2.16. The Hall–Kier alpha value is -1.92. The molecule has 0 radical (unpaired) electrons. The van der Waals surface area contributed by atoms with E-state index in [2.05, 4.69) is 43.5 Å². The number of aliphatic hydroxyl groups is 2. The van der Waals surface area contributed by atoms with Gasteiger partial charge in [0, 0.05) is 12.8 Å². The maximum Gasteiger partial charge on any atom is 0.305 e. The molecule has 2 atom stereocenters. The van der Waals surface area contributed by atoms with E-state index < -0.39 is 12.1 Å². The van der Waals surface area contributed by atoms with Crippen molar-refractivity contribution in [2.24, 2.45) is 0 Å². The highest BCUT2D eigenvalue weighted by molar-refractivity contribution is 5.76. The molecule has 0 rings (SSSR count). The molecule has 2 unspecified atom stereocenters. The number of allylic oxidation sites excluding steroid dienone is 5. The molecule has 0 aromatic heterocycles. The summed E-state index contributed by atoms with van der Waals surface area (Å²) in [6, 6.07) is -0.643. The summed E-state index contributed by atoms with van der Waals surface area (Å²) in [5, 5.41) is 23.0. The Labute approximate surface area is 373 Å². The molecule has 1 amide bonds. The fourth-order valence-electron chi connectivity index (χ4n) is 7.86. The number of aliphatic hydroxyl groups excluding tert-OH is 2. The first kappa shape index (κ1) is 58.1. The zero-order valence-electron chi connectivity index (χ0n) is 39.9. The maximum absolute atomic E-state index is 12.4. The van der Waals surface area contributed by atoms with Crippen molar-refractivity contribution in [3.05, 3.63) is 36.5 Å². The fraction of sp³-hybridized carbons (Fsp3) is 0.852. The topological polar surface area (TPSA) is 95.9 Å². The molecule has 0 aliphatic heterocycles. The lowest BCUT2D eigenvalue weighted by Gasteiger charge is -2.20. The monoisotopic (exact) mass is 844 g/mol. The van der Waals surface area contributed by atoms with Crippen LogP contribution >= 0.6 is 0 Å². The van der Waals surface area contributed by atoms with Crippen molar-refractivity contribution in [1.29, 1.82) is 0 Å². The van der Waals surface area contributed by atoms with Gasteiger partial charge in [-0.15, -0.1) is 0 Å². The molecule has 0 spiro atoms. The van der Waals surface area contributed by atoms with Gasteiger partial charge in [-0.3, -0.25) is 9.59 Å². The minimum Gasteiger partial charge on any atom is -0.466 e. The first-order valence-electron chi connectivity index (χ1n) is 26.3. The third-order valence-corrected chi connectivity index (χ3v) is 11.9. The highest BCUT2D eigenvalue weighted by Gasteiger charge is 2.18. The predicted octanol–water partition coefficient (Wildman–Crippen LogP) is 15.7. The van der Waals surface area contributed by atoms with E-state index >= 15 is 0 Å². The van der Waals surface area contributed by atoms with Gasteiger partial charge in [-0.1, -0.05) is 230 Å². The van der Waals surface area contributed by atoms with Crippen LogP contribution in [0.2, 0.25) is 0 Å². The largest absolute Gasteiger partial charge is 0.466 e. The fourth-order valence-corrected chi connectivity index (χ4v) is 7.86. The van der Waals surface area contributed by atoms with Gasteiger partial charge in [0.05, 0.1) is 25.4 Å². The van der Waals surface area contributed by atoms with E-state index in [0.29, 0.717) is 19.4 Å². The molecule has 0 saturated heterocycles. The van der Waals surface area contributed by atoms with Gasteiger partial charge in [-0.2, -0.15) is 0 Å². The van der Waals surface area contributed by atoms with Crippen molar-refractivity contribution in [3.63, 3.8) is 0 Å². The Morgan fingerprint density at radius 2 is 0.817 bits per heavy atom. The Morgan fingerprint density at radius 1 is 0.467 bits per heavy atom. The van der Waals surface area contributed by atoms with Gasteiger partial charge >= 0.3 is 5.97 Å². The molecule has 6 nitrogen and oxygen atoms in total. The van der Waals surface area contributed by atoms with Crippen molar-refractivity contribution in [2.75, 3.05) is 13.2 Å². The van der Waals surface area contributed by atoms with Gasteiger partial charge < -0.3 is 20.3 Å². The number of nitrogens with one attached hydrogen (secondary N) is 1. The van der Waals surface area contributed by atoms with Crippen LogP contribution < -0.4 is 5.32 Å². The lowest BCUT2D eigenvalue weighted by molar-refractivity contribution is -0.143. The summed E-state index contributed by atoms with van der Waals surface area (Å²) in [5.74, 6) is -0.112. The second-order valence-electron chi connectivity index (χ2n) is 17.9. The van der Waals surface area contributed by atoms with E-state index in [4.69, 9.17) is 4.74 Å². The number of esters is 1. The van der Waals surface area contributed by atoms with Crippen molar-refractivity contribution < 1.29 is 24.5 Å². The number of hydrogen-bond acceptors (Lipinski definition) is 5. The maximum atomic E-state index is 12.4. The number of carbonyl (C=O) groups excluding carboxylic acids is 2. The number of unbranched alkanes of at least 4 members (excludes halogenated alkanes) is 34. The van der Waals surface area contributed by atoms with Gasteiger partial charge in [-0.25, -0.2) is 0 Å². The number of amides is 1. The Kier molecular flexibility index (Phi) is 48.1. The molecule has 3 N–H and O–H groups in total. The van der Waals surface area contributed by atoms with Crippen LogP contribution in [0.3, 0.4) is 0 Å². The molecule has 352 valence electrons. The van der Waals surface area contributed by atoms with Crippen molar-refractivity contribution in [2.45, 2.75) is 283 Å². The zero-order valence-corrected chi connectivity index (χ0v) is 39.9. The Balaban J connectivity index is 3.53. The van der Waals surface area contributed by atoms with E-state index in [1.807, 2.05) is 6.08 Å². The molecule has 0 aliphatic carbocycles. The number of rotatable bonds is 48. The number of carbonyl (C=O) groups is 2. The van der Waals surface area contributed by atoms with Crippen LogP contribution in [0.1, 0.15) is 271 Å². The SMILES string of the molecule is CCCCCCCCCCCC/C=C/C(O)C(CO)NC(=O)CCCCCCCC/C=C\C=C/CCCCCOC(=O)CCCCCCCCCCCCCCCCCC. The Morgan fingerprint density at radius 3 is 1.23 bits per heavy atom. The highest BCUT2D eigenvalue weighted by atomic mass is 16.5. The normalized spacial score (nSPS) is 12.9. The van der Waals surface area contributed by atoms with E-state index in [0.717, 1.165) is 77.0 Å².